The van der Waals surface area contributed by atoms with Crippen LogP contribution in [-0.2, 0) is 19.5 Å². The molecule has 0 bridgehead atoms. The molecular formula is C17H25N3O. The molecule has 0 spiro atoms. The molecule has 0 aromatic carbocycles. The fourth-order valence-electron chi connectivity index (χ4n) is 2.30. The van der Waals surface area contributed by atoms with E-state index in [0.717, 1.165) is 49.7 Å². The molecule has 4 nitrogen and oxygen atoms in total. The zero-order chi connectivity index (χ0) is 15.1. The van der Waals surface area contributed by atoms with Gasteiger partial charge in [0.05, 0.1) is 12.8 Å². The highest BCUT2D eigenvalue weighted by atomic mass is 16.3. The first-order valence-corrected chi connectivity index (χ1v) is 7.67. The molecule has 4 heteroatoms. The number of rotatable bonds is 8. The largest absolute Gasteiger partial charge is 0.467 e. The van der Waals surface area contributed by atoms with Gasteiger partial charge >= 0.3 is 0 Å². The lowest BCUT2D eigenvalue weighted by atomic mass is 10.1. The predicted molar refractivity (Wildman–Crippen MR) is 86.4 cm³/mol. The van der Waals surface area contributed by atoms with E-state index in [0.29, 0.717) is 0 Å². The Morgan fingerprint density at radius 1 is 1.29 bits per heavy atom. The minimum absolute atomic E-state index is 0.732. The summed E-state index contributed by atoms with van der Waals surface area (Å²) in [6.45, 7) is 6.90. The second-order valence-electron chi connectivity index (χ2n) is 5.29. The van der Waals surface area contributed by atoms with Crippen molar-refractivity contribution < 1.29 is 4.42 Å². The van der Waals surface area contributed by atoms with Gasteiger partial charge in [0.25, 0.3) is 0 Å². The molecule has 0 aliphatic carbocycles. The van der Waals surface area contributed by atoms with Gasteiger partial charge < -0.3 is 14.6 Å². The average Bonchev–Trinajstić information content (AvgIpc) is 2.98. The Bertz CT molecular complexity index is 537. The van der Waals surface area contributed by atoms with E-state index in [1.54, 1.807) is 6.26 Å². The number of hydrogen-bond donors (Lipinski definition) is 1. The minimum atomic E-state index is 0.732. The number of nitrogens with zero attached hydrogens (tertiary/aromatic N) is 2. The summed E-state index contributed by atoms with van der Waals surface area (Å²) in [6.07, 6.45) is 3.83. The number of aromatic nitrogens is 1. The van der Waals surface area contributed by atoms with Crippen molar-refractivity contribution in [3.05, 3.63) is 47.5 Å². The molecule has 2 aromatic heterocycles. The number of anilines is 1. The summed E-state index contributed by atoms with van der Waals surface area (Å²) in [5.41, 5.74) is 2.45. The summed E-state index contributed by atoms with van der Waals surface area (Å²) < 4.78 is 5.42. The first-order chi connectivity index (χ1) is 10.2. The summed E-state index contributed by atoms with van der Waals surface area (Å²) >= 11 is 0. The van der Waals surface area contributed by atoms with E-state index in [9.17, 15) is 0 Å². The third-order valence-electron chi connectivity index (χ3n) is 3.37. The molecule has 1 N–H and O–H groups in total. The van der Waals surface area contributed by atoms with Crippen molar-refractivity contribution >= 4 is 5.82 Å². The molecule has 114 valence electrons. The Morgan fingerprint density at radius 2 is 2.14 bits per heavy atom. The number of aryl methyl sites for hydroxylation is 1. The minimum Gasteiger partial charge on any atom is -0.467 e. The fourth-order valence-corrected chi connectivity index (χ4v) is 2.30. The van der Waals surface area contributed by atoms with E-state index < -0.39 is 0 Å². The van der Waals surface area contributed by atoms with Gasteiger partial charge in [0.1, 0.15) is 11.6 Å². The standard InChI is InChI=1S/C17H25N3O/c1-4-7-15-10-14(12-18-5-2)11-17(19-15)20(3)13-16-8-6-9-21-16/h6,8-11,18H,4-5,7,12-13H2,1-3H3. The maximum Gasteiger partial charge on any atom is 0.129 e. The number of hydrogen-bond acceptors (Lipinski definition) is 4. The highest BCUT2D eigenvalue weighted by Crippen LogP contribution is 2.17. The van der Waals surface area contributed by atoms with Gasteiger partial charge in [0, 0.05) is 19.3 Å². The molecule has 0 saturated heterocycles. The Hall–Kier alpha value is -1.81. The Balaban J connectivity index is 2.17. The van der Waals surface area contributed by atoms with E-state index in [2.05, 4.69) is 43.2 Å². The van der Waals surface area contributed by atoms with Gasteiger partial charge in [0.15, 0.2) is 0 Å². The van der Waals surface area contributed by atoms with E-state index >= 15 is 0 Å². The fraction of sp³-hybridized carbons (Fsp3) is 0.471. The second-order valence-corrected chi connectivity index (χ2v) is 5.29. The molecule has 0 saturated carbocycles. The van der Waals surface area contributed by atoms with Crippen LogP contribution in [0.4, 0.5) is 5.82 Å². The van der Waals surface area contributed by atoms with E-state index in [1.807, 2.05) is 12.1 Å². The van der Waals surface area contributed by atoms with Gasteiger partial charge in [-0.2, -0.15) is 0 Å². The third-order valence-corrected chi connectivity index (χ3v) is 3.37. The molecule has 0 aliphatic rings. The summed E-state index contributed by atoms with van der Waals surface area (Å²) in [4.78, 5) is 6.90. The number of furan rings is 1. The van der Waals surface area contributed by atoms with Crippen LogP contribution in [0.2, 0.25) is 0 Å². The van der Waals surface area contributed by atoms with Crippen LogP contribution >= 0.6 is 0 Å². The van der Waals surface area contributed by atoms with Gasteiger partial charge in [0.2, 0.25) is 0 Å². The van der Waals surface area contributed by atoms with Crippen molar-refractivity contribution in [1.29, 1.82) is 0 Å². The first-order valence-electron chi connectivity index (χ1n) is 7.67. The quantitative estimate of drug-likeness (QED) is 0.808. The highest BCUT2D eigenvalue weighted by Gasteiger charge is 2.09. The molecule has 0 fully saturated rings. The topological polar surface area (TPSA) is 41.3 Å². The van der Waals surface area contributed by atoms with Gasteiger partial charge in [-0.15, -0.1) is 0 Å². The zero-order valence-corrected chi connectivity index (χ0v) is 13.2. The average molecular weight is 287 g/mol. The predicted octanol–water partition coefficient (Wildman–Crippen LogP) is 3.37. The van der Waals surface area contributed by atoms with Gasteiger partial charge in [-0.1, -0.05) is 20.3 Å². The lowest BCUT2D eigenvalue weighted by Crippen LogP contribution is -2.19. The van der Waals surface area contributed by atoms with Crippen molar-refractivity contribution in [2.45, 2.75) is 39.8 Å². The van der Waals surface area contributed by atoms with Crippen LogP contribution in [-0.4, -0.2) is 18.6 Å². The van der Waals surface area contributed by atoms with Gasteiger partial charge in [-0.25, -0.2) is 4.98 Å². The van der Waals surface area contributed by atoms with Crippen LogP contribution in [0.5, 0.6) is 0 Å². The molecule has 0 amide bonds. The van der Waals surface area contributed by atoms with Crippen LogP contribution in [0.3, 0.4) is 0 Å². The molecule has 21 heavy (non-hydrogen) atoms. The molecule has 2 heterocycles. The van der Waals surface area contributed by atoms with Crippen LogP contribution in [0.1, 0.15) is 37.3 Å². The maximum atomic E-state index is 5.42. The summed E-state index contributed by atoms with van der Waals surface area (Å²) in [7, 11) is 2.05. The Labute approximate surface area is 127 Å². The monoisotopic (exact) mass is 287 g/mol. The summed E-state index contributed by atoms with van der Waals surface area (Å²) in [6, 6.07) is 8.27. The first kappa shape index (κ1) is 15.6. The normalized spacial score (nSPS) is 10.8. The van der Waals surface area contributed by atoms with Gasteiger partial charge in [-0.05, 0) is 42.8 Å². The second kappa shape index (κ2) is 7.84. The SMILES string of the molecule is CCCc1cc(CNCC)cc(N(C)Cc2ccco2)n1. The van der Waals surface area contributed by atoms with Crippen LogP contribution in [0.15, 0.2) is 34.9 Å². The molecular weight excluding hydrogens is 262 g/mol. The number of nitrogens with one attached hydrogen (secondary N) is 1. The van der Waals surface area contributed by atoms with Crippen molar-refractivity contribution in [1.82, 2.24) is 10.3 Å². The number of pyridine rings is 1. The Morgan fingerprint density at radius 3 is 2.81 bits per heavy atom. The summed E-state index contributed by atoms with van der Waals surface area (Å²) in [5, 5.41) is 3.38. The molecule has 0 unspecified atom stereocenters. The van der Waals surface area contributed by atoms with Crippen LogP contribution in [0.25, 0.3) is 0 Å². The van der Waals surface area contributed by atoms with Crippen LogP contribution in [0, 0.1) is 0 Å². The third kappa shape index (κ3) is 4.60. The summed E-state index contributed by atoms with van der Waals surface area (Å²) in [5.74, 6) is 1.96. The van der Waals surface area contributed by atoms with Crippen molar-refractivity contribution in [2.75, 3.05) is 18.5 Å². The van der Waals surface area contributed by atoms with E-state index in [1.165, 1.54) is 5.56 Å². The van der Waals surface area contributed by atoms with E-state index in [-0.39, 0.29) is 0 Å². The molecule has 2 rings (SSSR count). The molecule has 0 atom stereocenters. The molecule has 2 aromatic rings. The van der Waals surface area contributed by atoms with Crippen molar-refractivity contribution in [3.63, 3.8) is 0 Å². The smallest absolute Gasteiger partial charge is 0.129 e. The lowest BCUT2D eigenvalue weighted by molar-refractivity contribution is 0.507. The van der Waals surface area contributed by atoms with Gasteiger partial charge in [-0.3, -0.25) is 0 Å². The lowest BCUT2D eigenvalue weighted by Gasteiger charge is -2.19. The highest BCUT2D eigenvalue weighted by molar-refractivity contribution is 5.42. The van der Waals surface area contributed by atoms with Crippen molar-refractivity contribution in [3.8, 4) is 0 Å². The maximum absolute atomic E-state index is 5.42. The van der Waals surface area contributed by atoms with Crippen LogP contribution < -0.4 is 10.2 Å². The Kier molecular flexibility index (Phi) is 5.81. The molecule has 0 aliphatic heterocycles. The van der Waals surface area contributed by atoms with Crippen molar-refractivity contribution in [2.24, 2.45) is 0 Å². The van der Waals surface area contributed by atoms with E-state index in [4.69, 9.17) is 9.40 Å². The molecule has 0 radical (unpaired) electrons. The zero-order valence-electron chi connectivity index (χ0n) is 13.2.